The van der Waals surface area contributed by atoms with Crippen molar-refractivity contribution in [2.45, 2.75) is 4.90 Å². The van der Waals surface area contributed by atoms with Crippen molar-refractivity contribution in [2.24, 2.45) is 0 Å². The molecule has 0 spiro atoms. The molecule has 1 heterocycles. The van der Waals surface area contributed by atoms with E-state index in [1.165, 1.54) is 36.5 Å². The molecule has 0 aliphatic carbocycles. The summed E-state index contributed by atoms with van der Waals surface area (Å²) < 4.78 is 28.8. The number of non-ortho nitro benzene ring substituents is 1. The fourth-order valence-corrected chi connectivity index (χ4v) is 3.09. The minimum absolute atomic E-state index is 0.0615. The van der Waals surface area contributed by atoms with Crippen molar-refractivity contribution in [1.82, 2.24) is 4.98 Å². The molecule has 1 aromatic heterocycles. The average Bonchev–Trinajstić information content (AvgIpc) is 2.61. The van der Waals surface area contributed by atoms with Crippen LogP contribution in [0.15, 0.2) is 53.6 Å². The van der Waals surface area contributed by atoms with Crippen LogP contribution in [0.25, 0.3) is 10.9 Å². The van der Waals surface area contributed by atoms with Gasteiger partial charge in [-0.1, -0.05) is 0 Å². The third kappa shape index (κ3) is 3.53. The van der Waals surface area contributed by atoms with Crippen molar-refractivity contribution < 1.29 is 23.0 Å². The van der Waals surface area contributed by atoms with Crippen LogP contribution >= 0.6 is 0 Å². The second kappa shape index (κ2) is 6.61. The Labute approximate surface area is 152 Å². The van der Waals surface area contributed by atoms with Crippen molar-refractivity contribution in [3.8, 4) is 11.5 Å². The van der Waals surface area contributed by atoms with Crippen LogP contribution in [-0.2, 0) is 9.84 Å². The molecule has 138 valence electrons. The van der Waals surface area contributed by atoms with Gasteiger partial charge in [-0.3, -0.25) is 25.2 Å². The lowest BCUT2D eigenvalue weighted by Gasteiger charge is -2.09. The first-order chi connectivity index (χ1) is 12.7. The molecule has 0 N–H and O–H groups in total. The first-order valence-corrected chi connectivity index (χ1v) is 9.26. The van der Waals surface area contributed by atoms with Gasteiger partial charge >= 0.3 is 5.69 Å². The van der Waals surface area contributed by atoms with Crippen LogP contribution in [0.5, 0.6) is 11.5 Å². The lowest BCUT2D eigenvalue weighted by molar-refractivity contribution is -0.385. The predicted octanol–water partition coefficient (Wildman–Crippen LogP) is 3.25. The fraction of sp³-hybridized carbons (Fsp3) is 0.0625. The summed E-state index contributed by atoms with van der Waals surface area (Å²) >= 11 is 0. The van der Waals surface area contributed by atoms with E-state index >= 15 is 0 Å². The standard InChI is InChI=1S/C16H11N3O7S/c1-27(24,25)10-4-6-14(13(9-10)19(22)23)26-15-7-5-12(18(20)21)11-3-2-8-17-16(11)15/h2-9H,1H3. The quantitative estimate of drug-likeness (QED) is 0.478. The Morgan fingerprint density at radius 3 is 2.26 bits per heavy atom. The number of rotatable bonds is 5. The van der Waals surface area contributed by atoms with E-state index in [-0.39, 0.29) is 33.0 Å². The summed E-state index contributed by atoms with van der Waals surface area (Å²) in [5.74, 6) is -0.153. The monoisotopic (exact) mass is 389 g/mol. The number of nitro benzene ring substituents is 2. The molecule has 10 nitrogen and oxygen atoms in total. The summed E-state index contributed by atoms with van der Waals surface area (Å²) in [6.45, 7) is 0. The van der Waals surface area contributed by atoms with Gasteiger partial charge in [0.05, 0.1) is 20.1 Å². The SMILES string of the molecule is CS(=O)(=O)c1ccc(Oc2ccc([N+](=O)[O-])c3cccnc23)c([N+](=O)[O-])c1. The van der Waals surface area contributed by atoms with Crippen LogP contribution in [0.4, 0.5) is 11.4 Å². The van der Waals surface area contributed by atoms with Crippen molar-refractivity contribution >= 4 is 32.1 Å². The van der Waals surface area contributed by atoms with E-state index in [0.717, 1.165) is 18.4 Å². The zero-order chi connectivity index (χ0) is 19.8. The zero-order valence-electron chi connectivity index (χ0n) is 13.7. The average molecular weight is 389 g/mol. The Bertz CT molecular complexity index is 1190. The fourth-order valence-electron chi connectivity index (χ4n) is 2.45. The molecule has 2 aromatic carbocycles. The van der Waals surface area contributed by atoms with E-state index in [1.54, 1.807) is 0 Å². The minimum atomic E-state index is -3.65. The molecule has 11 heteroatoms. The first kappa shape index (κ1) is 18.2. The van der Waals surface area contributed by atoms with E-state index in [2.05, 4.69) is 4.98 Å². The second-order valence-corrected chi connectivity index (χ2v) is 7.52. The van der Waals surface area contributed by atoms with Crippen LogP contribution in [0.1, 0.15) is 0 Å². The van der Waals surface area contributed by atoms with Crippen LogP contribution in [0.2, 0.25) is 0 Å². The molecule has 0 saturated carbocycles. The highest BCUT2D eigenvalue weighted by Gasteiger charge is 2.22. The normalized spacial score (nSPS) is 11.3. The van der Waals surface area contributed by atoms with Crippen LogP contribution < -0.4 is 4.74 Å². The maximum atomic E-state index is 11.6. The molecule has 0 fully saturated rings. The number of nitro groups is 2. The topological polar surface area (TPSA) is 143 Å². The number of fused-ring (bicyclic) bond motifs is 1. The number of sulfone groups is 1. The molecule has 27 heavy (non-hydrogen) atoms. The number of nitrogens with zero attached hydrogens (tertiary/aromatic N) is 3. The zero-order valence-corrected chi connectivity index (χ0v) is 14.5. The van der Waals surface area contributed by atoms with Crippen molar-refractivity contribution in [2.75, 3.05) is 6.26 Å². The van der Waals surface area contributed by atoms with Crippen molar-refractivity contribution in [3.05, 3.63) is 68.9 Å². The lowest BCUT2D eigenvalue weighted by atomic mass is 10.1. The third-order valence-corrected chi connectivity index (χ3v) is 4.79. The maximum Gasteiger partial charge on any atom is 0.312 e. The molecular formula is C16H11N3O7S. The van der Waals surface area contributed by atoms with Gasteiger partial charge in [0.2, 0.25) is 5.75 Å². The lowest BCUT2D eigenvalue weighted by Crippen LogP contribution is -2.01. The number of hydrogen-bond acceptors (Lipinski definition) is 8. The molecular weight excluding hydrogens is 378 g/mol. The Morgan fingerprint density at radius 2 is 1.63 bits per heavy atom. The summed E-state index contributed by atoms with van der Waals surface area (Å²) in [4.78, 5) is 25.0. The summed E-state index contributed by atoms with van der Waals surface area (Å²) in [7, 11) is -3.65. The Kier molecular flexibility index (Phi) is 4.45. The smallest absolute Gasteiger partial charge is 0.312 e. The van der Waals surface area contributed by atoms with E-state index in [4.69, 9.17) is 4.74 Å². The van der Waals surface area contributed by atoms with E-state index in [9.17, 15) is 28.6 Å². The highest BCUT2D eigenvalue weighted by Crippen LogP contribution is 2.38. The van der Waals surface area contributed by atoms with E-state index in [0.29, 0.717) is 0 Å². The van der Waals surface area contributed by atoms with Crippen LogP contribution in [0.3, 0.4) is 0 Å². The van der Waals surface area contributed by atoms with Crippen molar-refractivity contribution in [1.29, 1.82) is 0 Å². The Morgan fingerprint density at radius 1 is 0.963 bits per heavy atom. The van der Waals surface area contributed by atoms with Gasteiger partial charge in [-0.15, -0.1) is 0 Å². The Balaban J connectivity index is 2.15. The van der Waals surface area contributed by atoms with E-state index < -0.39 is 25.4 Å². The van der Waals surface area contributed by atoms with Gasteiger partial charge in [-0.25, -0.2) is 8.42 Å². The molecule has 0 atom stereocenters. The molecule has 0 aliphatic heterocycles. The van der Waals surface area contributed by atoms with Gasteiger partial charge in [0.15, 0.2) is 15.6 Å². The van der Waals surface area contributed by atoms with Gasteiger partial charge in [0.1, 0.15) is 5.52 Å². The second-order valence-electron chi connectivity index (χ2n) is 5.50. The molecule has 3 aromatic rings. The number of hydrogen-bond donors (Lipinski definition) is 0. The summed E-state index contributed by atoms with van der Waals surface area (Å²) in [6.07, 6.45) is 2.33. The van der Waals surface area contributed by atoms with Gasteiger partial charge in [-0.05, 0) is 30.3 Å². The molecule has 0 radical (unpaired) electrons. The maximum absolute atomic E-state index is 11.6. The summed E-state index contributed by atoms with van der Waals surface area (Å²) in [5.41, 5.74) is -0.596. The number of aromatic nitrogens is 1. The van der Waals surface area contributed by atoms with Gasteiger partial charge < -0.3 is 4.74 Å². The largest absolute Gasteiger partial charge is 0.448 e. The summed E-state index contributed by atoms with van der Waals surface area (Å²) in [5, 5.41) is 22.7. The van der Waals surface area contributed by atoms with Gasteiger partial charge in [-0.2, -0.15) is 0 Å². The molecule has 0 aliphatic rings. The van der Waals surface area contributed by atoms with E-state index in [1.807, 2.05) is 0 Å². The third-order valence-electron chi connectivity index (χ3n) is 3.68. The minimum Gasteiger partial charge on any atom is -0.448 e. The van der Waals surface area contributed by atoms with Gasteiger partial charge in [0, 0.05) is 24.6 Å². The molecule has 3 rings (SSSR count). The number of ether oxygens (including phenoxy) is 1. The number of benzene rings is 2. The Hall–Kier alpha value is -3.60. The summed E-state index contributed by atoms with van der Waals surface area (Å²) in [6, 6.07) is 8.71. The molecule has 0 amide bonds. The van der Waals surface area contributed by atoms with Crippen molar-refractivity contribution in [3.63, 3.8) is 0 Å². The first-order valence-electron chi connectivity index (χ1n) is 7.37. The predicted molar refractivity (Wildman–Crippen MR) is 94.7 cm³/mol. The number of pyridine rings is 1. The molecule has 0 unspecified atom stereocenters. The molecule has 0 saturated heterocycles. The molecule has 0 bridgehead atoms. The van der Waals surface area contributed by atoms with Crippen LogP contribution in [0, 0.1) is 20.2 Å². The van der Waals surface area contributed by atoms with Gasteiger partial charge in [0.25, 0.3) is 5.69 Å². The highest BCUT2D eigenvalue weighted by molar-refractivity contribution is 7.90. The van der Waals surface area contributed by atoms with Crippen LogP contribution in [-0.4, -0.2) is 29.5 Å². The highest BCUT2D eigenvalue weighted by atomic mass is 32.2.